The molecular weight excluding hydrogens is 242 g/mol. The van der Waals surface area contributed by atoms with E-state index in [9.17, 15) is 9.59 Å². The van der Waals surface area contributed by atoms with Gasteiger partial charge in [0.05, 0.1) is 0 Å². The number of carbonyl (C=O) groups is 2. The highest BCUT2D eigenvalue weighted by Crippen LogP contribution is 2.16. The molecule has 5 heteroatoms. The van der Waals surface area contributed by atoms with Crippen molar-refractivity contribution in [2.75, 3.05) is 13.1 Å². The van der Waals surface area contributed by atoms with E-state index < -0.39 is 0 Å². The lowest BCUT2D eigenvalue weighted by molar-refractivity contribution is -0.120. The van der Waals surface area contributed by atoms with Crippen molar-refractivity contribution in [3.8, 4) is 0 Å². The van der Waals surface area contributed by atoms with Gasteiger partial charge in [-0.2, -0.15) is 0 Å². The first-order valence-electron chi connectivity index (χ1n) is 7.14. The highest BCUT2D eigenvalue weighted by atomic mass is 16.2. The number of urea groups is 1. The molecule has 3 N–H and O–H groups in total. The Labute approximate surface area is 115 Å². The van der Waals surface area contributed by atoms with Gasteiger partial charge >= 0.3 is 6.03 Å². The first-order valence-corrected chi connectivity index (χ1v) is 7.14. The van der Waals surface area contributed by atoms with Crippen LogP contribution in [-0.2, 0) is 4.79 Å². The van der Waals surface area contributed by atoms with Crippen LogP contribution in [0.15, 0.2) is 12.7 Å². The van der Waals surface area contributed by atoms with Crippen LogP contribution < -0.4 is 16.0 Å². The maximum atomic E-state index is 11.6. The van der Waals surface area contributed by atoms with Crippen LogP contribution in [0.25, 0.3) is 0 Å². The maximum absolute atomic E-state index is 11.6. The van der Waals surface area contributed by atoms with Crippen LogP contribution in [0, 0.1) is 0 Å². The van der Waals surface area contributed by atoms with Gasteiger partial charge in [0.15, 0.2) is 0 Å². The van der Waals surface area contributed by atoms with Crippen molar-refractivity contribution in [2.24, 2.45) is 0 Å². The largest absolute Gasteiger partial charge is 0.353 e. The molecule has 0 aromatic rings. The molecule has 19 heavy (non-hydrogen) atoms. The third-order valence-electron chi connectivity index (χ3n) is 3.25. The average Bonchev–Trinajstić information content (AvgIpc) is 2.42. The van der Waals surface area contributed by atoms with E-state index in [0.717, 1.165) is 12.8 Å². The number of hydrogen-bond acceptors (Lipinski definition) is 2. The summed E-state index contributed by atoms with van der Waals surface area (Å²) < 4.78 is 0. The first kappa shape index (κ1) is 15.5. The van der Waals surface area contributed by atoms with Crippen LogP contribution in [0.3, 0.4) is 0 Å². The summed E-state index contributed by atoms with van der Waals surface area (Å²) in [6.07, 6.45) is 8.57. The minimum atomic E-state index is -0.113. The van der Waals surface area contributed by atoms with Gasteiger partial charge in [0.2, 0.25) is 5.91 Å². The molecule has 0 bridgehead atoms. The molecule has 0 unspecified atom stereocenters. The molecule has 1 aliphatic carbocycles. The maximum Gasteiger partial charge on any atom is 0.315 e. The molecule has 0 saturated heterocycles. The summed E-state index contributed by atoms with van der Waals surface area (Å²) >= 11 is 0. The Bertz CT molecular complexity index is 299. The van der Waals surface area contributed by atoms with Crippen LogP contribution in [-0.4, -0.2) is 31.1 Å². The molecule has 0 aliphatic heterocycles. The van der Waals surface area contributed by atoms with Gasteiger partial charge in [-0.1, -0.05) is 25.3 Å². The molecule has 0 aromatic heterocycles. The molecule has 0 heterocycles. The Morgan fingerprint density at radius 1 is 1.16 bits per heavy atom. The summed E-state index contributed by atoms with van der Waals surface area (Å²) in [5.41, 5.74) is 0. The Hall–Kier alpha value is -1.52. The van der Waals surface area contributed by atoms with Crippen LogP contribution in [0.5, 0.6) is 0 Å². The average molecular weight is 267 g/mol. The van der Waals surface area contributed by atoms with Crippen molar-refractivity contribution < 1.29 is 9.59 Å². The van der Waals surface area contributed by atoms with Crippen molar-refractivity contribution >= 4 is 11.9 Å². The summed E-state index contributed by atoms with van der Waals surface area (Å²) in [6.45, 7) is 4.55. The smallest absolute Gasteiger partial charge is 0.315 e. The lowest BCUT2D eigenvalue weighted by Gasteiger charge is -2.22. The normalized spacial score (nSPS) is 15.6. The molecule has 0 aromatic carbocycles. The fourth-order valence-electron chi connectivity index (χ4n) is 2.21. The van der Waals surface area contributed by atoms with Crippen molar-refractivity contribution in [3.63, 3.8) is 0 Å². The Morgan fingerprint density at radius 2 is 1.89 bits per heavy atom. The molecular formula is C14H25N3O2. The van der Waals surface area contributed by atoms with Crippen LogP contribution in [0.4, 0.5) is 4.79 Å². The molecule has 0 atom stereocenters. The second-order valence-corrected chi connectivity index (χ2v) is 4.93. The van der Waals surface area contributed by atoms with E-state index in [1.54, 1.807) is 6.08 Å². The Morgan fingerprint density at radius 3 is 2.58 bits per heavy atom. The molecule has 1 rings (SSSR count). The fourth-order valence-corrected chi connectivity index (χ4v) is 2.21. The minimum Gasteiger partial charge on any atom is -0.353 e. The molecule has 3 amide bonds. The molecule has 1 saturated carbocycles. The van der Waals surface area contributed by atoms with Gasteiger partial charge in [0, 0.05) is 25.6 Å². The SMILES string of the molecule is C=CCNC(=O)CCCNC(=O)NC1CCCCC1. The lowest BCUT2D eigenvalue weighted by atomic mass is 9.96. The quantitative estimate of drug-likeness (QED) is 0.485. The molecule has 5 nitrogen and oxygen atoms in total. The third kappa shape index (κ3) is 7.49. The van der Waals surface area contributed by atoms with Gasteiger partial charge in [-0.15, -0.1) is 6.58 Å². The van der Waals surface area contributed by atoms with Crippen molar-refractivity contribution in [1.29, 1.82) is 0 Å². The highest BCUT2D eigenvalue weighted by Gasteiger charge is 2.15. The summed E-state index contributed by atoms with van der Waals surface area (Å²) in [5, 5.41) is 8.47. The van der Waals surface area contributed by atoms with E-state index >= 15 is 0 Å². The van der Waals surface area contributed by atoms with Crippen molar-refractivity contribution in [2.45, 2.75) is 51.0 Å². The second-order valence-electron chi connectivity index (χ2n) is 4.93. The van der Waals surface area contributed by atoms with E-state index in [2.05, 4.69) is 22.5 Å². The molecule has 1 aliphatic rings. The Balaban J connectivity index is 2.00. The second kappa shape index (κ2) is 9.42. The van der Waals surface area contributed by atoms with Gasteiger partial charge in [-0.3, -0.25) is 4.79 Å². The van der Waals surface area contributed by atoms with E-state index in [1.165, 1.54) is 19.3 Å². The third-order valence-corrected chi connectivity index (χ3v) is 3.25. The van der Waals surface area contributed by atoms with Crippen LogP contribution >= 0.6 is 0 Å². The lowest BCUT2D eigenvalue weighted by Crippen LogP contribution is -2.43. The summed E-state index contributed by atoms with van der Waals surface area (Å²) in [6, 6.07) is 0.211. The molecule has 0 radical (unpaired) electrons. The number of rotatable bonds is 7. The zero-order valence-corrected chi connectivity index (χ0v) is 11.5. The first-order chi connectivity index (χ1) is 9.22. The molecule has 0 spiro atoms. The van der Waals surface area contributed by atoms with E-state index in [4.69, 9.17) is 0 Å². The summed E-state index contributed by atoms with van der Waals surface area (Å²) in [7, 11) is 0. The van der Waals surface area contributed by atoms with Crippen molar-refractivity contribution in [1.82, 2.24) is 16.0 Å². The van der Waals surface area contributed by atoms with Gasteiger partial charge in [0.25, 0.3) is 0 Å². The van der Waals surface area contributed by atoms with Gasteiger partial charge in [0.1, 0.15) is 0 Å². The fraction of sp³-hybridized carbons (Fsp3) is 0.714. The topological polar surface area (TPSA) is 70.2 Å². The number of hydrogen-bond donors (Lipinski definition) is 3. The van der Waals surface area contributed by atoms with E-state index in [1.807, 2.05) is 0 Å². The van der Waals surface area contributed by atoms with Gasteiger partial charge in [-0.05, 0) is 19.3 Å². The monoisotopic (exact) mass is 267 g/mol. The van der Waals surface area contributed by atoms with Crippen LogP contribution in [0.1, 0.15) is 44.9 Å². The predicted octanol–water partition coefficient (Wildman–Crippen LogP) is 1.70. The van der Waals surface area contributed by atoms with Gasteiger partial charge < -0.3 is 16.0 Å². The molecule has 1 fully saturated rings. The van der Waals surface area contributed by atoms with Crippen molar-refractivity contribution in [3.05, 3.63) is 12.7 Å². The Kier molecular flexibility index (Phi) is 7.70. The standard InChI is InChI=1S/C14H25N3O2/c1-2-10-15-13(18)9-6-11-16-14(19)17-12-7-4-3-5-8-12/h2,12H,1,3-11H2,(H,15,18)(H2,16,17,19). The van der Waals surface area contributed by atoms with E-state index in [0.29, 0.717) is 32.0 Å². The predicted molar refractivity (Wildman–Crippen MR) is 75.8 cm³/mol. The van der Waals surface area contributed by atoms with Gasteiger partial charge in [-0.25, -0.2) is 4.79 Å². The number of nitrogens with one attached hydrogen (secondary N) is 3. The van der Waals surface area contributed by atoms with Crippen LogP contribution in [0.2, 0.25) is 0 Å². The minimum absolute atomic E-state index is 0.00520. The number of amides is 3. The zero-order chi connectivity index (χ0) is 13.9. The summed E-state index contributed by atoms with van der Waals surface area (Å²) in [4.78, 5) is 22.9. The zero-order valence-electron chi connectivity index (χ0n) is 11.5. The molecule has 108 valence electrons. The summed E-state index contributed by atoms with van der Waals surface area (Å²) in [5.74, 6) is -0.00520. The van der Waals surface area contributed by atoms with E-state index in [-0.39, 0.29) is 11.9 Å². The highest BCUT2D eigenvalue weighted by molar-refractivity contribution is 5.76. The number of carbonyl (C=O) groups excluding carboxylic acids is 2.